The molecule has 0 aliphatic rings. The van der Waals surface area contributed by atoms with Crippen molar-refractivity contribution in [2.75, 3.05) is 6.61 Å². The summed E-state index contributed by atoms with van der Waals surface area (Å²) in [6.07, 6.45) is 1.63. The van der Waals surface area contributed by atoms with Crippen LogP contribution in [0.4, 0.5) is 0 Å². The lowest BCUT2D eigenvalue weighted by molar-refractivity contribution is 0.288. The summed E-state index contributed by atoms with van der Waals surface area (Å²) in [4.78, 5) is 4.50. The van der Waals surface area contributed by atoms with E-state index in [0.717, 1.165) is 24.1 Å². The molecule has 0 radical (unpaired) electrons. The number of para-hydroxylation sites is 1. The molecule has 2 aromatic rings. The van der Waals surface area contributed by atoms with Gasteiger partial charge in [-0.05, 0) is 25.0 Å². The number of aromatic nitrogens is 1. The number of hydrogen-bond donors (Lipinski definition) is 1. The van der Waals surface area contributed by atoms with Gasteiger partial charge in [-0.25, -0.2) is 0 Å². The second-order valence-corrected chi connectivity index (χ2v) is 3.32. The standard InChI is InChI=1S/C12H13NO.2ClH/c14-9-3-5-11-8-7-10-4-1-2-6-12(10)13-11;;/h1-2,4,6-8,14H,3,5,9H2;2*1H. The molecule has 4 heteroatoms. The third kappa shape index (κ3) is 3.63. The quantitative estimate of drug-likeness (QED) is 0.920. The van der Waals surface area contributed by atoms with Gasteiger partial charge in [-0.3, -0.25) is 4.98 Å². The Hall–Kier alpha value is -0.830. The van der Waals surface area contributed by atoms with Crippen molar-refractivity contribution < 1.29 is 5.11 Å². The van der Waals surface area contributed by atoms with Crippen molar-refractivity contribution in [3.63, 3.8) is 0 Å². The van der Waals surface area contributed by atoms with Crippen molar-refractivity contribution in [2.24, 2.45) is 0 Å². The SMILES string of the molecule is Cl.Cl.OCCCc1ccc2ccccc2n1. The Morgan fingerprint density at radius 3 is 2.50 bits per heavy atom. The zero-order chi connectivity index (χ0) is 9.80. The van der Waals surface area contributed by atoms with E-state index < -0.39 is 0 Å². The lowest BCUT2D eigenvalue weighted by atomic mass is 10.1. The maximum Gasteiger partial charge on any atom is 0.0705 e. The molecule has 0 bridgehead atoms. The van der Waals surface area contributed by atoms with Gasteiger partial charge in [0.1, 0.15) is 0 Å². The molecule has 16 heavy (non-hydrogen) atoms. The molecule has 1 heterocycles. The summed E-state index contributed by atoms with van der Waals surface area (Å²) in [5, 5.41) is 9.88. The van der Waals surface area contributed by atoms with Gasteiger partial charge in [0.05, 0.1) is 5.52 Å². The molecule has 2 nitrogen and oxygen atoms in total. The third-order valence-corrected chi connectivity index (χ3v) is 2.25. The maximum atomic E-state index is 8.71. The lowest BCUT2D eigenvalue weighted by Gasteiger charge is -2.01. The Bertz CT molecular complexity index is 434. The average Bonchev–Trinajstić information content (AvgIpc) is 2.26. The molecular formula is C12H15Cl2NO. The minimum Gasteiger partial charge on any atom is -0.396 e. The summed E-state index contributed by atoms with van der Waals surface area (Å²) in [5.41, 5.74) is 2.08. The molecule has 0 saturated heterocycles. The molecule has 0 spiro atoms. The smallest absolute Gasteiger partial charge is 0.0705 e. The van der Waals surface area contributed by atoms with Crippen LogP contribution in [0, 0.1) is 0 Å². The molecular weight excluding hydrogens is 245 g/mol. The predicted molar refractivity (Wildman–Crippen MR) is 71.6 cm³/mol. The van der Waals surface area contributed by atoms with Crippen LogP contribution in [0.5, 0.6) is 0 Å². The summed E-state index contributed by atoms with van der Waals surface area (Å²) in [6.45, 7) is 0.231. The van der Waals surface area contributed by atoms with Crippen LogP contribution in [0.3, 0.4) is 0 Å². The predicted octanol–water partition coefficient (Wildman–Crippen LogP) is 3.00. The monoisotopic (exact) mass is 259 g/mol. The zero-order valence-corrected chi connectivity index (χ0v) is 10.4. The number of pyridine rings is 1. The van der Waals surface area contributed by atoms with E-state index in [0.29, 0.717) is 0 Å². The molecule has 0 fully saturated rings. The van der Waals surface area contributed by atoms with E-state index in [1.807, 2.05) is 24.3 Å². The fourth-order valence-electron chi connectivity index (χ4n) is 1.51. The van der Waals surface area contributed by atoms with Crippen LogP contribution in [-0.2, 0) is 6.42 Å². The topological polar surface area (TPSA) is 33.1 Å². The normalized spacial score (nSPS) is 9.31. The van der Waals surface area contributed by atoms with Gasteiger partial charge in [0.15, 0.2) is 0 Å². The molecule has 1 aromatic heterocycles. The highest BCUT2D eigenvalue weighted by Gasteiger charge is 1.96. The number of fused-ring (bicyclic) bond motifs is 1. The summed E-state index contributed by atoms with van der Waals surface area (Å²) < 4.78 is 0. The van der Waals surface area contributed by atoms with E-state index >= 15 is 0 Å². The van der Waals surface area contributed by atoms with Gasteiger partial charge < -0.3 is 5.11 Å². The number of nitrogens with zero attached hydrogens (tertiary/aromatic N) is 1. The molecule has 2 rings (SSSR count). The first-order chi connectivity index (χ1) is 6.90. The summed E-state index contributed by atoms with van der Waals surface area (Å²) in [5.74, 6) is 0. The largest absolute Gasteiger partial charge is 0.396 e. The van der Waals surface area contributed by atoms with Crippen LogP contribution in [0.2, 0.25) is 0 Å². The average molecular weight is 260 g/mol. The second-order valence-electron chi connectivity index (χ2n) is 3.32. The summed E-state index contributed by atoms with van der Waals surface area (Å²) in [6, 6.07) is 12.2. The number of aliphatic hydroxyl groups is 1. The molecule has 0 saturated carbocycles. The molecule has 0 aliphatic carbocycles. The highest BCUT2D eigenvalue weighted by atomic mass is 35.5. The van der Waals surface area contributed by atoms with Crippen LogP contribution in [0.1, 0.15) is 12.1 Å². The highest BCUT2D eigenvalue weighted by Crippen LogP contribution is 2.12. The van der Waals surface area contributed by atoms with Crippen LogP contribution in [0.25, 0.3) is 10.9 Å². The zero-order valence-electron chi connectivity index (χ0n) is 8.80. The summed E-state index contributed by atoms with van der Waals surface area (Å²) in [7, 11) is 0. The van der Waals surface area contributed by atoms with Gasteiger partial charge >= 0.3 is 0 Å². The van der Waals surface area contributed by atoms with Crippen molar-refractivity contribution >= 4 is 35.7 Å². The number of aryl methyl sites for hydroxylation is 1. The van der Waals surface area contributed by atoms with E-state index in [1.54, 1.807) is 0 Å². The minimum atomic E-state index is 0. The van der Waals surface area contributed by atoms with Crippen molar-refractivity contribution in [3.8, 4) is 0 Å². The molecule has 88 valence electrons. The molecule has 0 amide bonds. The van der Waals surface area contributed by atoms with E-state index in [4.69, 9.17) is 5.11 Å². The van der Waals surface area contributed by atoms with Gasteiger partial charge in [0, 0.05) is 17.7 Å². The van der Waals surface area contributed by atoms with Crippen molar-refractivity contribution in [2.45, 2.75) is 12.8 Å². The molecule has 0 unspecified atom stereocenters. The Balaban J connectivity index is 0.00000112. The van der Waals surface area contributed by atoms with Gasteiger partial charge in [0.25, 0.3) is 0 Å². The molecule has 0 aliphatic heterocycles. The Kier molecular flexibility index (Phi) is 7.06. The van der Waals surface area contributed by atoms with Crippen LogP contribution < -0.4 is 0 Å². The van der Waals surface area contributed by atoms with Crippen LogP contribution in [0.15, 0.2) is 36.4 Å². The van der Waals surface area contributed by atoms with E-state index in [1.165, 1.54) is 5.39 Å². The number of halogens is 2. The minimum absolute atomic E-state index is 0. The number of aliphatic hydroxyl groups excluding tert-OH is 1. The Labute approximate surface area is 108 Å². The summed E-state index contributed by atoms with van der Waals surface area (Å²) >= 11 is 0. The van der Waals surface area contributed by atoms with Crippen molar-refractivity contribution in [1.82, 2.24) is 4.98 Å². The second kappa shape index (κ2) is 7.44. The fourth-order valence-corrected chi connectivity index (χ4v) is 1.51. The van der Waals surface area contributed by atoms with Gasteiger partial charge in [0.2, 0.25) is 0 Å². The van der Waals surface area contributed by atoms with Gasteiger partial charge in [-0.2, -0.15) is 0 Å². The van der Waals surface area contributed by atoms with Gasteiger partial charge in [-0.15, -0.1) is 24.8 Å². The van der Waals surface area contributed by atoms with Crippen LogP contribution >= 0.6 is 24.8 Å². The first-order valence-electron chi connectivity index (χ1n) is 4.86. The lowest BCUT2D eigenvalue weighted by Crippen LogP contribution is -1.93. The van der Waals surface area contributed by atoms with Gasteiger partial charge in [-0.1, -0.05) is 24.3 Å². The van der Waals surface area contributed by atoms with Crippen molar-refractivity contribution in [1.29, 1.82) is 0 Å². The molecule has 1 N–H and O–H groups in total. The number of benzene rings is 1. The first-order valence-corrected chi connectivity index (χ1v) is 4.86. The van der Waals surface area contributed by atoms with E-state index in [2.05, 4.69) is 17.1 Å². The number of rotatable bonds is 3. The Morgan fingerprint density at radius 2 is 1.75 bits per heavy atom. The highest BCUT2D eigenvalue weighted by molar-refractivity contribution is 5.85. The van der Waals surface area contributed by atoms with E-state index in [9.17, 15) is 0 Å². The van der Waals surface area contributed by atoms with E-state index in [-0.39, 0.29) is 31.4 Å². The van der Waals surface area contributed by atoms with Crippen LogP contribution in [-0.4, -0.2) is 16.7 Å². The third-order valence-electron chi connectivity index (χ3n) is 2.25. The fraction of sp³-hybridized carbons (Fsp3) is 0.250. The molecule has 1 aromatic carbocycles. The molecule has 0 atom stereocenters. The number of hydrogen-bond acceptors (Lipinski definition) is 2. The Morgan fingerprint density at radius 1 is 1.00 bits per heavy atom. The maximum absolute atomic E-state index is 8.71. The van der Waals surface area contributed by atoms with Crippen molar-refractivity contribution in [3.05, 3.63) is 42.1 Å². The first kappa shape index (κ1) is 15.2.